The predicted molar refractivity (Wildman–Crippen MR) is 80.0 cm³/mol. The van der Waals surface area contributed by atoms with Gasteiger partial charge in [-0.2, -0.15) is 0 Å². The summed E-state index contributed by atoms with van der Waals surface area (Å²) in [6, 6.07) is 7.87. The largest absolute Gasteiger partial charge is 0.493 e. The van der Waals surface area contributed by atoms with Gasteiger partial charge in [-0.1, -0.05) is 28.6 Å². The topological polar surface area (TPSA) is 26.3 Å². The summed E-state index contributed by atoms with van der Waals surface area (Å²) in [5, 5.41) is -0.175. The second kappa shape index (κ2) is 4.72. The summed E-state index contributed by atoms with van der Waals surface area (Å²) in [6.45, 7) is 0.637. The highest BCUT2D eigenvalue weighted by Gasteiger charge is 2.20. The van der Waals surface area contributed by atoms with Gasteiger partial charge in [-0.3, -0.25) is 4.79 Å². The van der Waals surface area contributed by atoms with Crippen molar-refractivity contribution < 1.29 is 9.53 Å². The molecule has 2 nitrogen and oxygen atoms in total. The van der Waals surface area contributed by atoms with Gasteiger partial charge < -0.3 is 4.74 Å². The molecule has 1 aliphatic heterocycles. The van der Waals surface area contributed by atoms with Gasteiger partial charge in [-0.25, -0.2) is 0 Å². The van der Waals surface area contributed by atoms with E-state index in [2.05, 4.69) is 28.6 Å². The fourth-order valence-corrected chi connectivity index (χ4v) is 3.66. The third-order valence-electron chi connectivity index (χ3n) is 2.83. The summed E-state index contributed by atoms with van der Waals surface area (Å²) < 4.78 is 6.73. The molecule has 0 saturated carbocycles. The molecule has 3 rings (SSSR count). The molecule has 0 bridgehead atoms. The summed E-state index contributed by atoms with van der Waals surface area (Å²) in [5.41, 5.74) is 2.21. The SMILES string of the molecule is O=C(S)c1cc2c(s1)-c1cc(Br)ccc1OCC2. The zero-order chi connectivity index (χ0) is 12.7. The number of ether oxygens (including phenoxy) is 1. The van der Waals surface area contributed by atoms with Crippen LogP contribution in [-0.2, 0) is 6.42 Å². The van der Waals surface area contributed by atoms with E-state index < -0.39 is 0 Å². The molecular formula is C13H9BrO2S2. The van der Waals surface area contributed by atoms with Crippen molar-refractivity contribution in [3.63, 3.8) is 0 Å². The minimum atomic E-state index is -0.175. The van der Waals surface area contributed by atoms with Crippen molar-refractivity contribution >= 4 is 45.0 Å². The van der Waals surface area contributed by atoms with E-state index in [-0.39, 0.29) is 5.12 Å². The van der Waals surface area contributed by atoms with Crippen LogP contribution in [0.1, 0.15) is 15.2 Å². The molecule has 2 heterocycles. The smallest absolute Gasteiger partial charge is 0.226 e. The van der Waals surface area contributed by atoms with E-state index in [4.69, 9.17) is 4.74 Å². The van der Waals surface area contributed by atoms with Crippen molar-refractivity contribution in [2.24, 2.45) is 0 Å². The van der Waals surface area contributed by atoms with Gasteiger partial charge in [0, 0.05) is 21.3 Å². The molecule has 18 heavy (non-hydrogen) atoms. The van der Waals surface area contributed by atoms with Crippen molar-refractivity contribution in [2.45, 2.75) is 6.42 Å². The summed E-state index contributed by atoms with van der Waals surface area (Å²) in [7, 11) is 0. The van der Waals surface area contributed by atoms with Gasteiger partial charge in [-0.15, -0.1) is 11.3 Å². The first-order valence-electron chi connectivity index (χ1n) is 5.44. The number of thiophene rings is 1. The standard InChI is InChI=1S/C13H9BrO2S2/c14-8-1-2-10-9(6-8)12-7(3-4-16-10)5-11(18-12)13(15)17/h1-2,5-6H,3-4H2,(H,15,17). The Balaban J connectivity index is 2.22. The number of fused-ring (bicyclic) bond motifs is 3. The quantitative estimate of drug-likeness (QED) is 0.788. The molecule has 0 saturated heterocycles. The fourth-order valence-electron chi connectivity index (χ4n) is 2.02. The highest BCUT2D eigenvalue weighted by atomic mass is 79.9. The molecular weight excluding hydrogens is 332 g/mol. The molecule has 0 amide bonds. The number of carbonyl (C=O) groups is 1. The van der Waals surface area contributed by atoms with Crippen LogP contribution < -0.4 is 4.74 Å². The van der Waals surface area contributed by atoms with E-state index in [0.717, 1.165) is 32.6 Å². The molecule has 92 valence electrons. The van der Waals surface area contributed by atoms with Crippen LogP contribution in [0.25, 0.3) is 10.4 Å². The lowest BCUT2D eigenvalue weighted by atomic mass is 10.1. The number of halogens is 1. The average molecular weight is 341 g/mol. The van der Waals surface area contributed by atoms with Crippen LogP contribution in [0.3, 0.4) is 0 Å². The van der Waals surface area contributed by atoms with E-state index in [1.165, 1.54) is 11.3 Å². The van der Waals surface area contributed by atoms with Crippen molar-refractivity contribution in [1.82, 2.24) is 0 Å². The fraction of sp³-hybridized carbons (Fsp3) is 0.154. The Labute approximate surface area is 123 Å². The molecule has 0 radical (unpaired) electrons. The minimum absolute atomic E-state index is 0.175. The second-order valence-electron chi connectivity index (χ2n) is 4.01. The monoisotopic (exact) mass is 340 g/mol. The summed E-state index contributed by atoms with van der Waals surface area (Å²) >= 11 is 8.85. The van der Waals surface area contributed by atoms with Crippen molar-refractivity contribution in [3.8, 4) is 16.2 Å². The van der Waals surface area contributed by atoms with Crippen molar-refractivity contribution in [3.05, 3.63) is 39.2 Å². The predicted octanol–water partition coefficient (Wildman–Crippen LogP) is 4.18. The number of hydrogen-bond donors (Lipinski definition) is 1. The van der Waals surface area contributed by atoms with Gasteiger partial charge >= 0.3 is 0 Å². The third kappa shape index (κ3) is 2.11. The molecule has 0 atom stereocenters. The van der Waals surface area contributed by atoms with Crippen molar-refractivity contribution in [2.75, 3.05) is 6.61 Å². The molecule has 0 aliphatic carbocycles. The Hall–Kier alpha value is -0.780. The maximum atomic E-state index is 11.4. The Morgan fingerprint density at radius 3 is 3.00 bits per heavy atom. The van der Waals surface area contributed by atoms with E-state index >= 15 is 0 Å². The summed E-state index contributed by atoms with van der Waals surface area (Å²) in [6.07, 6.45) is 0.819. The summed E-state index contributed by atoms with van der Waals surface area (Å²) in [5.74, 6) is 0.872. The first-order chi connectivity index (χ1) is 8.65. The number of thiol groups is 1. The van der Waals surface area contributed by atoms with E-state index in [0.29, 0.717) is 11.5 Å². The highest BCUT2D eigenvalue weighted by Crippen LogP contribution is 2.42. The molecule has 1 aliphatic rings. The number of hydrogen-bond acceptors (Lipinski definition) is 3. The first kappa shape index (κ1) is 12.3. The van der Waals surface area contributed by atoms with Gasteiger partial charge in [0.2, 0.25) is 5.12 Å². The average Bonchev–Trinajstić information content (AvgIpc) is 2.68. The number of benzene rings is 1. The van der Waals surface area contributed by atoms with Gasteiger partial charge in [0.15, 0.2) is 0 Å². The van der Waals surface area contributed by atoms with Crippen LogP contribution in [0.2, 0.25) is 0 Å². The van der Waals surface area contributed by atoms with Crippen LogP contribution in [0.5, 0.6) is 5.75 Å². The Kier molecular flexibility index (Phi) is 3.21. The molecule has 5 heteroatoms. The van der Waals surface area contributed by atoms with Gasteiger partial charge in [0.25, 0.3) is 0 Å². The zero-order valence-electron chi connectivity index (χ0n) is 9.27. The first-order valence-corrected chi connectivity index (χ1v) is 7.49. The maximum Gasteiger partial charge on any atom is 0.226 e. The molecule has 1 aromatic carbocycles. The lowest BCUT2D eigenvalue weighted by Gasteiger charge is -2.06. The van der Waals surface area contributed by atoms with Crippen LogP contribution in [0.4, 0.5) is 0 Å². The summed E-state index contributed by atoms with van der Waals surface area (Å²) in [4.78, 5) is 13.2. The normalized spacial score (nSPS) is 13.2. The minimum Gasteiger partial charge on any atom is -0.493 e. The van der Waals surface area contributed by atoms with Crippen molar-refractivity contribution in [1.29, 1.82) is 0 Å². The van der Waals surface area contributed by atoms with E-state index in [1.807, 2.05) is 24.3 Å². The van der Waals surface area contributed by atoms with E-state index in [1.54, 1.807) is 0 Å². The lowest BCUT2D eigenvalue weighted by Crippen LogP contribution is -1.98. The van der Waals surface area contributed by atoms with Crippen LogP contribution in [0.15, 0.2) is 28.7 Å². The van der Waals surface area contributed by atoms with Gasteiger partial charge in [-0.05, 0) is 29.8 Å². The molecule has 0 unspecified atom stereocenters. The van der Waals surface area contributed by atoms with Gasteiger partial charge in [0.05, 0.1) is 11.5 Å². The lowest BCUT2D eigenvalue weighted by molar-refractivity contribution is 0.109. The molecule has 0 spiro atoms. The van der Waals surface area contributed by atoms with Crippen LogP contribution in [-0.4, -0.2) is 11.7 Å². The Morgan fingerprint density at radius 2 is 2.22 bits per heavy atom. The highest BCUT2D eigenvalue weighted by molar-refractivity contribution is 9.10. The maximum absolute atomic E-state index is 11.4. The van der Waals surface area contributed by atoms with E-state index in [9.17, 15) is 4.79 Å². The molecule has 1 aromatic heterocycles. The number of rotatable bonds is 1. The molecule has 0 fully saturated rings. The van der Waals surface area contributed by atoms with Crippen LogP contribution >= 0.6 is 39.9 Å². The Morgan fingerprint density at radius 1 is 1.39 bits per heavy atom. The Bertz CT molecular complexity index is 634. The molecule has 2 aromatic rings. The second-order valence-corrected chi connectivity index (χ2v) is 6.38. The zero-order valence-corrected chi connectivity index (χ0v) is 12.6. The van der Waals surface area contributed by atoms with Gasteiger partial charge in [0.1, 0.15) is 5.75 Å². The number of carbonyl (C=O) groups excluding carboxylic acids is 1. The third-order valence-corrected chi connectivity index (χ3v) is 4.93. The van der Waals surface area contributed by atoms with Crippen LogP contribution in [0, 0.1) is 0 Å². The molecule has 0 N–H and O–H groups in total.